The second-order valence-electron chi connectivity index (χ2n) is 26.2. The molecular formula is C95H60FN9O2. The van der Waals surface area contributed by atoms with Crippen molar-refractivity contribution in [3.8, 4) is 91.3 Å². The summed E-state index contributed by atoms with van der Waals surface area (Å²) in [6.45, 7) is 15.8. The van der Waals surface area contributed by atoms with Crippen LogP contribution in [-0.4, -0.2) is 29.9 Å². The summed E-state index contributed by atoms with van der Waals surface area (Å²) in [4.78, 5) is 38.2. The average Bonchev–Trinajstić information content (AvgIpc) is 0.690. The van der Waals surface area contributed by atoms with Crippen LogP contribution in [0.25, 0.3) is 78.0 Å². The normalized spacial score (nSPS) is 12.9. The Morgan fingerprint density at radius 2 is 0.579 bits per heavy atom. The van der Waals surface area contributed by atoms with Crippen LogP contribution < -0.4 is 14.4 Å². The Kier molecular flexibility index (Phi) is 16.5. The van der Waals surface area contributed by atoms with E-state index in [4.69, 9.17) is 37.6 Å². The zero-order valence-corrected chi connectivity index (χ0v) is 57.4. The zero-order valence-electron chi connectivity index (χ0n) is 57.4. The first-order chi connectivity index (χ1) is 52.9. The average molecular weight is 1380 g/mol. The molecule has 0 saturated carbocycles. The molecule has 12 heteroatoms. The van der Waals surface area contributed by atoms with Crippen LogP contribution in [0.3, 0.4) is 0 Å². The molecule has 4 aliphatic rings. The Balaban J connectivity index is 0.000000126. The van der Waals surface area contributed by atoms with Gasteiger partial charge in [-0.2, -0.15) is 0 Å². The quantitative estimate of drug-likeness (QED) is 0.144. The number of fused-ring (bicyclic) bond motifs is 16. The molecule has 16 aromatic rings. The third-order valence-electron chi connectivity index (χ3n) is 20.2. The van der Waals surface area contributed by atoms with Gasteiger partial charge in [-0.05, 0) is 100 Å². The fourth-order valence-corrected chi connectivity index (χ4v) is 15.7. The fourth-order valence-electron chi connectivity index (χ4n) is 15.7. The van der Waals surface area contributed by atoms with Crippen molar-refractivity contribution in [1.29, 1.82) is 0 Å². The predicted octanol–water partition coefficient (Wildman–Crippen LogP) is 23.3. The van der Waals surface area contributed by atoms with Crippen molar-refractivity contribution in [3.05, 3.63) is 436 Å². The number of anilines is 3. The monoisotopic (exact) mass is 1380 g/mol. The van der Waals surface area contributed by atoms with E-state index in [-0.39, 0.29) is 11.1 Å². The minimum absolute atomic E-state index is 0.166. The number of ether oxygens (including phenoxy) is 2. The largest absolute Gasteiger partial charge is 0.457 e. The summed E-state index contributed by atoms with van der Waals surface area (Å²) in [5.41, 5.74) is 19.5. The van der Waals surface area contributed by atoms with Crippen molar-refractivity contribution >= 4 is 28.4 Å². The number of hydrogen-bond acceptors (Lipinski definition) is 9. The molecule has 2 aromatic heterocycles. The Hall–Kier alpha value is -14.6. The van der Waals surface area contributed by atoms with Crippen molar-refractivity contribution in [1.82, 2.24) is 29.9 Å². The van der Waals surface area contributed by atoms with Gasteiger partial charge in [0.15, 0.2) is 40.6 Å². The second kappa shape index (κ2) is 27.3. The van der Waals surface area contributed by atoms with Gasteiger partial charge in [0.05, 0.1) is 35.3 Å². The molecule has 20 rings (SSSR count). The lowest BCUT2D eigenvalue weighted by Crippen LogP contribution is -2.39. The summed E-state index contributed by atoms with van der Waals surface area (Å²) < 4.78 is 26.4. The minimum atomic E-state index is -0.635. The lowest BCUT2D eigenvalue weighted by molar-refractivity contribution is 0.432. The fraction of sp³-hybridized carbons (Fsp3) is 0.0316. The number of nitrogens with zero attached hydrogens (tertiary/aromatic N) is 9. The number of hydrogen-bond donors (Lipinski definition) is 0. The maximum absolute atomic E-state index is 13.5. The van der Waals surface area contributed by atoms with Crippen molar-refractivity contribution in [2.24, 2.45) is 0 Å². The highest BCUT2D eigenvalue weighted by molar-refractivity contribution is 5.93. The van der Waals surface area contributed by atoms with Crippen LogP contribution in [0, 0.1) is 19.0 Å². The van der Waals surface area contributed by atoms with Crippen molar-refractivity contribution in [2.75, 3.05) is 4.90 Å². The molecule has 504 valence electrons. The summed E-state index contributed by atoms with van der Waals surface area (Å²) >= 11 is 0. The Bertz CT molecular complexity index is 5800. The molecular weight excluding hydrogens is 1320 g/mol. The van der Waals surface area contributed by atoms with Crippen LogP contribution in [0.2, 0.25) is 0 Å². The molecule has 0 bridgehead atoms. The Labute approximate surface area is 618 Å². The van der Waals surface area contributed by atoms with Crippen LogP contribution in [0.5, 0.6) is 23.0 Å². The number of benzene rings is 14. The van der Waals surface area contributed by atoms with Gasteiger partial charge in [-0.15, -0.1) is 0 Å². The molecule has 0 saturated heterocycles. The number of halogens is 1. The summed E-state index contributed by atoms with van der Waals surface area (Å²) in [5.74, 6) is 6.00. The van der Waals surface area contributed by atoms with E-state index in [1.165, 1.54) is 51.6 Å². The van der Waals surface area contributed by atoms with Crippen LogP contribution >= 0.6 is 0 Å². The molecule has 2 spiro atoms. The van der Waals surface area contributed by atoms with Crippen molar-refractivity contribution in [3.63, 3.8) is 0 Å². The Morgan fingerprint density at radius 1 is 0.290 bits per heavy atom. The van der Waals surface area contributed by atoms with Gasteiger partial charge in [-0.25, -0.2) is 44.0 Å². The minimum Gasteiger partial charge on any atom is -0.457 e. The van der Waals surface area contributed by atoms with E-state index in [1.54, 1.807) is 0 Å². The molecule has 0 amide bonds. The smallest absolute Gasteiger partial charge is 0.200 e. The first-order valence-corrected chi connectivity index (χ1v) is 35.2. The lowest BCUT2D eigenvalue weighted by atomic mass is 9.58. The standard InChI is InChI=1S/C47H29N5O.C26H18O.C22H13FN4/c1-48-39-30-33(28-29-34(39)46-50-44(31-16-4-2-5-17-31)49-45(51-46)32-18-6-3-7-19-32)52-40-24-12-8-20-35(40)47(36-21-9-13-25-41(36)52)37-22-10-14-26-42(37)53-43-27-15-11-23-38(43)47;1-3-11-20-18(9-1)17-19-10-2-4-12-21(19)26(20)22-13-5-7-15-24(22)27-25-16-8-6-14-23(25)26;1-24-19-14-17(23)12-13-18(19)22-26-20(15-8-4-2-5-9-15)25-21(27-22)16-10-6-3-7-11-16/h2-30H;1-16H,17H2;2-14H. The van der Waals surface area contributed by atoms with E-state index >= 15 is 0 Å². The summed E-state index contributed by atoms with van der Waals surface area (Å²) in [5, 5.41) is 0. The van der Waals surface area contributed by atoms with Gasteiger partial charge >= 0.3 is 0 Å². The van der Waals surface area contributed by atoms with Crippen LogP contribution in [0.4, 0.5) is 32.8 Å². The van der Waals surface area contributed by atoms with Gasteiger partial charge in [-0.1, -0.05) is 291 Å². The highest BCUT2D eigenvalue weighted by atomic mass is 19.1. The number of rotatable bonds is 7. The molecule has 14 aromatic carbocycles. The summed E-state index contributed by atoms with van der Waals surface area (Å²) in [6, 6.07) is 117. The number of para-hydroxylation sites is 6. The molecule has 3 aliphatic heterocycles. The maximum atomic E-state index is 13.5. The van der Waals surface area contributed by atoms with Gasteiger partial charge in [0.25, 0.3) is 0 Å². The van der Waals surface area contributed by atoms with E-state index in [1.807, 2.05) is 146 Å². The molecule has 0 fully saturated rings. The predicted molar refractivity (Wildman–Crippen MR) is 419 cm³/mol. The first kappa shape index (κ1) is 64.5. The van der Waals surface area contributed by atoms with Gasteiger partial charge in [-0.3, -0.25) is 0 Å². The van der Waals surface area contributed by atoms with Gasteiger partial charge < -0.3 is 14.4 Å². The summed E-state index contributed by atoms with van der Waals surface area (Å²) in [6.07, 6.45) is 0.972. The third kappa shape index (κ3) is 11.2. The topological polar surface area (TPSA) is 108 Å². The second-order valence-corrected chi connectivity index (χ2v) is 26.2. The van der Waals surface area contributed by atoms with Gasteiger partial charge in [0, 0.05) is 61.3 Å². The molecule has 0 radical (unpaired) electrons. The van der Waals surface area contributed by atoms with Crippen molar-refractivity contribution < 1.29 is 13.9 Å². The molecule has 11 nitrogen and oxygen atoms in total. The molecule has 0 atom stereocenters. The zero-order chi connectivity index (χ0) is 71.8. The molecule has 0 N–H and O–H groups in total. The Morgan fingerprint density at radius 3 is 0.953 bits per heavy atom. The van der Waals surface area contributed by atoms with Crippen molar-refractivity contribution in [2.45, 2.75) is 17.3 Å². The van der Waals surface area contributed by atoms with E-state index < -0.39 is 11.2 Å². The lowest BCUT2D eigenvalue weighted by Gasteiger charge is -2.48. The molecule has 1 aliphatic carbocycles. The number of aromatic nitrogens is 6. The van der Waals surface area contributed by atoms with Crippen LogP contribution in [0.15, 0.2) is 352 Å². The highest BCUT2D eigenvalue weighted by Gasteiger charge is 2.52. The van der Waals surface area contributed by atoms with Crippen LogP contribution in [-0.2, 0) is 17.3 Å². The molecule has 107 heavy (non-hydrogen) atoms. The first-order valence-electron chi connectivity index (χ1n) is 35.2. The van der Waals surface area contributed by atoms with E-state index in [9.17, 15) is 4.39 Å². The van der Waals surface area contributed by atoms with E-state index in [0.717, 1.165) is 91.0 Å². The summed E-state index contributed by atoms with van der Waals surface area (Å²) in [7, 11) is 0. The van der Waals surface area contributed by atoms with E-state index in [2.05, 4.69) is 218 Å². The van der Waals surface area contributed by atoms with Crippen LogP contribution in [0.1, 0.15) is 55.6 Å². The van der Waals surface area contributed by atoms with Gasteiger partial charge in [0.1, 0.15) is 28.8 Å². The van der Waals surface area contributed by atoms with Gasteiger partial charge in [0.2, 0.25) is 5.69 Å². The third-order valence-corrected chi connectivity index (χ3v) is 20.2. The maximum Gasteiger partial charge on any atom is 0.200 e. The molecule has 5 heterocycles. The molecule has 0 unspecified atom stereocenters. The SMILES string of the molecule is [C-]#[N+]c1cc(F)ccc1-c1nc(-c2ccccc2)nc(-c2ccccc2)n1.[C-]#[N+]c1cc(N2c3ccccc3C3(c4ccccc4Oc4ccccc43)c3ccccc32)ccc1-c1nc(-c2ccccc2)nc(-c2ccccc2)n1.c1ccc2c(c1)Cc1ccccc1C21c2ccccc2Oc2ccccc21. The van der Waals surface area contributed by atoms with E-state index in [0.29, 0.717) is 51.8 Å². The highest BCUT2D eigenvalue weighted by Crippen LogP contribution is 2.63.